The van der Waals surface area contributed by atoms with Gasteiger partial charge >= 0.3 is 12.9 Å². The molecule has 0 aliphatic heterocycles. The average Bonchev–Trinajstić information content (AvgIpc) is 2.55. The van der Waals surface area contributed by atoms with E-state index in [0.29, 0.717) is 16.3 Å². The fourth-order valence-corrected chi connectivity index (χ4v) is 5.12. The Hall–Kier alpha value is -1.21. The lowest BCUT2D eigenvalue weighted by Gasteiger charge is -2.18. The van der Waals surface area contributed by atoms with Gasteiger partial charge in [-0.15, -0.1) is 0 Å². The van der Waals surface area contributed by atoms with Crippen LogP contribution in [0.3, 0.4) is 0 Å². The first-order valence-corrected chi connectivity index (χ1v) is 10.7. The molecule has 1 rings (SSSR count). The van der Waals surface area contributed by atoms with Crippen molar-refractivity contribution >= 4 is 42.1 Å². The van der Waals surface area contributed by atoms with E-state index in [4.69, 9.17) is 20.6 Å². The van der Waals surface area contributed by atoms with Gasteiger partial charge in [-0.3, -0.25) is 4.52 Å². The van der Waals surface area contributed by atoms with Gasteiger partial charge in [-0.1, -0.05) is 18.5 Å². The summed E-state index contributed by atoms with van der Waals surface area (Å²) in [7, 11) is 1.22. The molecule has 1 unspecified atom stereocenters. The van der Waals surface area contributed by atoms with Gasteiger partial charge in [0.05, 0.1) is 19.9 Å². The van der Waals surface area contributed by atoms with Crippen molar-refractivity contribution in [2.24, 2.45) is 5.10 Å². The highest BCUT2D eigenvalue weighted by molar-refractivity contribution is 8.55. The molecule has 7 nitrogen and oxygen atoms in total. The van der Waals surface area contributed by atoms with Crippen LogP contribution in [0.2, 0.25) is 5.02 Å². The molecule has 134 valence electrons. The molecule has 1 aromatic rings. The van der Waals surface area contributed by atoms with E-state index in [-0.39, 0.29) is 12.4 Å². The fourth-order valence-electron chi connectivity index (χ4n) is 1.48. The molecule has 0 fully saturated rings. The molecule has 0 heterocycles. The zero-order valence-electron chi connectivity index (χ0n) is 13.7. The standard InChI is InChI=1S/C14H20ClN2O5PS/c1-4-8-24-23(19,21-5-2)22-13-7-6-12(15)9-11(13)10-16-17-14(18)20-3/h6-7,9-10H,4-5,8H2,1-3H3,(H,17,18). The summed E-state index contributed by atoms with van der Waals surface area (Å²) < 4.78 is 28.1. The molecule has 1 aromatic carbocycles. The molecule has 1 N–H and O–H groups in total. The minimum absolute atomic E-state index is 0.259. The lowest BCUT2D eigenvalue weighted by Crippen LogP contribution is -2.16. The molecule has 10 heteroatoms. The van der Waals surface area contributed by atoms with Gasteiger partial charge in [0.2, 0.25) is 0 Å². The Morgan fingerprint density at radius 2 is 2.21 bits per heavy atom. The molecule has 0 aliphatic carbocycles. The second-order valence-electron chi connectivity index (χ2n) is 4.33. The van der Waals surface area contributed by atoms with E-state index >= 15 is 0 Å². The van der Waals surface area contributed by atoms with E-state index < -0.39 is 12.9 Å². The smallest absolute Gasteiger partial charge is 0.440 e. The number of hydrazone groups is 1. The Morgan fingerprint density at radius 3 is 2.83 bits per heavy atom. The summed E-state index contributed by atoms with van der Waals surface area (Å²) >= 11 is 7.10. The highest BCUT2D eigenvalue weighted by Gasteiger charge is 2.27. The van der Waals surface area contributed by atoms with Crippen molar-refractivity contribution in [1.82, 2.24) is 5.43 Å². The Labute approximate surface area is 150 Å². The quantitative estimate of drug-likeness (QED) is 0.371. The van der Waals surface area contributed by atoms with Crippen LogP contribution in [-0.2, 0) is 13.8 Å². The van der Waals surface area contributed by atoms with Gasteiger partial charge < -0.3 is 9.26 Å². The number of nitrogens with one attached hydrogen (secondary N) is 1. The number of benzene rings is 1. The van der Waals surface area contributed by atoms with Crippen molar-refractivity contribution in [3.63, 3.8) is 0 Å². The van der Waals surface area contributed by atoms with Crippen LogP contribution in [0.15, 0.2) is 23.3 Å². The number of nitrogens with zero attached hydrogens (tertiary/aromatic N) is 1. The molecule has 0 bridgehead atoms. The van der Waals surface area contributed by atoms with Gasteiger partial charge in [-0.05, 0) is 42.9 Å². The lowest BCUT2D eigenvalue weighted by atomic mass is 10.2. The van der Waals surface area contributed by atoms with Gasteiger partial charge in [-0.25, -0.2) is 14.8 Å². The zero-order valence-corrected chi connectivity index (χ0v) is 16.1. The molecule has 1 atom stereocenters. The summed E-state index contributed by atoms with van der Waals surface area (Å²) in [4.78, 5) is 11.0. The normalized spacial score (nSPS) is 13.5. The molecular formula is C14H20ClN2O5PS. The van der Waals surface area contributed by atoms with Crippen LogP contribution < -0.4 is 9.95 Å². The molecule has 0 aromatic heterocycles. The van der Waals surface area contributed by atoms with Crippen LogP contribution in [0.5, 0.6) is 5.75 Å². The molecule has 0 aliphatic rings. The molecule has 0 saturated carbocycles. The summed E-state index contributed by atoms with van der Waals surface area (Å²) in [5.74, 6) is 0.924. The first-order chi connectivity index (χ1) is 11.4. The van der Waals surface area contributed by atoms with Crippen molar-refractivity contribution in [1.29, 1.82) is 0 Å². The van der Waals surface area contributed by atoms with E-state index in [1.54, 1.807) is 25.1 Å². The second kappa shape index (κ2) is 10.6. The molecule has 1 amide bonds. The summed E-state index contributed by atoms with van der Waals surface area (Å²) in [6.07, 6.45) is 1.44. The van der Waals surface area contributed by atoms with E-state index in [0.717, 1.165) is 17.8 Å². The number of carbonyl (C=O) groups is 1. The maximum absolute atomic E-state index is 12.8. The first-order valence-electron chi connectivity index (χ1n) is 7.19. The van der Waals surface area contributed by atoms with Crippen molar-refractivity contribution in [3.05, 3.63) is 28.8 Å². The lowest BCUT2D eigenvalue weighted by molar-refractivity contribution is 0.171. The second-order valence-corrected chi connectivity index (χ2v) is 8.89. The summed E-state index contributed by atoms with van der Waals surface area (Å²) in [6, 6.07) is 4.74. The Morgan fingerprint density at radius 1 is 1.46 bits per heavy atom. The Bertz CT molecular complexity index is 629. The Kier molecular flexibility index (Phi) is 9.21. The van der Waals surface area contributed by atoms with Gasteiger partial charge in [0, 0.05) is 16.3 Å². The third-order valence-electron chi connectivity index (χ3n) is 2.47. The third kappa shape index (κ3) is 7.13. The number of halogens is 1. The molecule has 0 saturated heterocycles. The maximum atomic E-state index is 12.8. The van der Waals surface area contributed by atoms with Crippen molar-refractivity contribution in [3.8, 4) is 5.75 Å². The van der Waals surface area contributed by atoms with E-state index in [1.165, 1.54) is 13.3 Å². The van der Waals surface area contributed by atoms with Gasteiger partial charge in [0.25, 0.3) is 0 Å². The number of ether oxygens (including phenoxy) is 1. The SMILES string of the molecule is CCCSP(=O)(OCC)Oc1ccc(Cl)cc1C=NNC(=O)OC. The predicted octanol–water partition coefficient (Wildman–Crippen LogP) is 4.70. The Balaban J connectivity index is 3.00. The minimum Gasteiger partial charge on any atom is -0.452 e. The number of rotatable bonds is 9. The summed E-state index contributed by atoms with van der Waals surface area (Å²) in [5.41, 5.74) is 2.59. The molecule has 0 spiro atoms. The predicted molar refractivity (Wildman–Crippen MR) is 97.2 cm³/mol. The number of methoxy groups -OCH3 is 1. The van der Waals surface area contributed by atoms with Crippen LogP contribution in [0.1, 0.15) is 25.8 Å². The number of carbonyl (C=O) groups excluding carboxylic acids is 1. The van der Waals surface area contributed by atoms with Crippen LogP contribution >= 0.6 is 29.8 Å². The molecule has 0 radical (unpaired) electrons. The highest BCUT2D eigenvalue weighted by atomic mass is 35.5. The van der Waals surface area contributed by atoms with Crippen molar-refractivity contribution < 1.29 is 23.1 Å². The average molecular weight is 395 g/mol. The molecule has 24 heavy (non-hydrogen) atoms. The number of hydrogen-bond acceptors (Lipinski definition) is 7. The van der Waals surface area contributed by atoms with E-state index in [1.807, 2.05) is 6.92 Å². The first kappa shape index (κ1) is 20.8. The summed E-state index contributed by atoms with van der Waals surface area (Å²) in [5, 5.41) is 4.17. The largest absolute Gasteiger partial charge is 0.452 e. The maximum Gasteiger partial charge on any atom is 0.440 e. The number of amides is 1. The summed E-state index contributed by atoms with van der Waals surface area (Å²) in [6.45, 7) is 0.619. The molecular weight excluding hydrogens is 375 g/mol. The highest BCUT2D eigenvalue weighted by Crippen LogP contribution is 2.60. The van der Waals surface area contributed by atoms with Gasteiger partial charge in [-0.2, -0.15) is 5.10 Å². The minimum atomic E-state index is -3.36. The third-order valence-corrected chi connectivity index (χ3v) is 6.64. The van der Waals surface area contributed by atoms with Crippen LogP contribution in [0.25, 0.3) is 0 Å². The van der Waals surface area contributed by atoms with Crippen LogP contribution in [0.4, 0.5) is 4.79 Å². The van der Waals surface area contributed by atoms with E-state index in [9.17, 15) is 9.36 Å². The van der Waals surface area contributed by atoms with Gasteiger partial charge in [0.15, 0.2) is 0 Å². The van der Waals surface area contributed by atoms with Crippen LogP contribution in [-0.4, -0.2) is 31.8 Å². The van der Waals surface area contributed by atoms with Crippen molar-refractivity contribution in [2.45, 2.75) is 20.3 Å². The van der Waals surface area contributed by atoms with Gasteiger partial charge in [0.1, 0.15) is 5.75 Å². The van der Waals surface area contributed by atoms with E-state index in [2.05, 4.69) is 15.3 Å². The van der Waals surface area contributed by atoms with Crippen molar-refractivity contribution in [2.75, 3.05) is 19.5 Å². The van der Waals surface area contributed by atoms with Crippen LogP contribution in [0, 0.1) is 0 Å². The monoisotopic (exact) mass is 394 g/mol. The fraction of sp³-hybridized carbons (Fsp3) is 0.429. The number of hydrogen-bond donors (Lipinski definition) is 1. The topological polar surface area (TPSA) is 86.2 Å². The zero-order chi connectivity index (χ0) is 18.0.